The van der Waals surface area contributed by atoms with Gasteiger partial charge in [0.05, 0.1) is 18.8 Å². The third-order valence-electron chi connectivity index (χ3n) is 5.51. The molecule has 0 saturated heterocycles. The van der Waals surface area contributed by atoms with E-state index in [0.29, 0.717) is 41.3 Å². The second kappa shape index (κ2) is 10.3. The Balaban J connectivity index is 1.64. The zero-order chi connectivity index (χ0) is 24.1. The molecule has 0 aliphatic carbocycles. The Hall–Kier alpha value is -4.06. The number of nitrogens with zero attached hydrogens (tertiary/aromatic N) is 1. The number of ether oxygens (including phenoxy) is 2. The average molecular weight is 457 g/mol. The first kappa shape index (κ1) is 23.1. The maximum atomic E-state index is 13.5. The smallest absolute Gasteiger partial charge is 0.278 e. The first-order valence-corrected chi connectivity index (χ1v) is 11.3. The van der Waals surface area contributed by atoms with Gasteiger partial charge in [0, 0.05) is 12.2 Å². The molecular formula is C28H28N2O4. The predicted molar refractivity (Wildman–Crippen MR) is 133 cm³/mol. The molecule has 1 heterocycles. The van der Waals surface area contributed by atoms with Crippen molar-refractivity contribution in [2.45, 2.75) is 26.4 Å². The standard InChI is InChI=1S/C28H28N2O4/c1-19(2)34-24-13-9-21(10-14-24)25-26(29-22-11-15-23(33-3)16-12-22)28(32)30(27(25)31)18-17-20-7-5-4-6-8-20/h4-16,19,29H,17-18H2,1-3H3. The second-order valence-corrected chi connectivity index (χ2v) is 8.29. The first-order chi connectivity index (χ1) is 16.5. The highest BCUT2D eigenvalue weighted by Gasteiger charge is 2.39. The van der Waals surface area contributed by atoms with Crippen molar-refractivity contribution >= 4 is 23.1 Å². The van der Waals surface area contributed by atoms with Crippen LogP contribution in [0.1, 0.15) is 25.0 Å². The molecule has 0 aromatic heterocycles. The largest absolute Gasteiger partial charge is 0.497 e. The molecule has 1 N–H and O–H groups in total. The summed E-state index contributed by atoms with van der Waals surface area (Å²) in [6.45, 7) is 4.21. The molecule has 3 aromatic carbocycles. The summed E-state index contributed by atoms with van der Waals surface area (Å²) in [5.74, 6) is 0.768. The van der Waals surface area contributed by atoms with Gasteiger partial charge in [0.2, 0.25) is 0 Å². The van der Waals surface area contributed by atoms with Gasteiger partial charge in [0.25, 0.3) is 11.8 Å². The van der Waals surface area contributed by atoms with Crippen LogP contribution in [0.3, 0.4) is 0 Å². The van der Waals surface area contributed by atoms with E-state index in [9.17, 15) is 9.59 Å². The fourth-order valence-corrected chi connectivity index (χ4v) is 3.84. The molecule has 34 heavy (non-hydrogen) atoms. The highest BCUT2D eigenvalue weighted by atomic mass is 16.5. The fraction of sp³-hybridized carbons (Fsp3) is 0.214. The number of hydrogen-bond donors (Lipinski definition) is 1. The highest BCUT2D eigenvalue weighted by molar-refractivity contribution is 6.36. The molecule has 1 aliphatic rings. The van der Waals surface area contributed by atoms with Crippen LogP contribution in [-0.4, -0.2) is 36.5 Å². The number of imide groups is 1. The maximum Gasteiger partial charge on any atom is 0.278 e. The van der Waals surface area contributed by atoms with Gasteiger partial charge in [-0.2, -0.15) is 0 Å². The Morgan fingerprint density at radius 1 is 0.824 bits per heavy atom. The molecule has 0 saturated carbocycles. The van der Waals surface area contributed by atoms with Crippen molar-refractivity contribution in [3.63, 3.8) is 0 Å². The SMILES string of the molecule is COc1ccc(NC2=C(c3ccc(OC(C)C)cc3)C(=O)N(CCc3ccccc3)C2=O)cc1. The number of nitrogens with one attached hydrogen (secondary N) is 1. The van der Waals surface area contributed by atoms with E-state index in [1.807, 2.05) is 80.6 Å². The number of anilines is 1. The number of benzene rings is 3. The molecule has 0 fully saturated rings. The van der Waals surface area contributed by atoms with Crippen LogP contribution in [0.4, 0.5) is 5.69 Å². The molecule has 2 amide bonds. The van der Waals surface area contributed by atoms with Gasteiger partial charge >= 0.3 is 0 Å². The van der Waals surface area contributed by atoms with Crippen LogP contribution in [0.2, 0.25) is 0 Å². The molecule has 0 radical (unpaired) electrons. The van der Waals surface area contributed by atoms with Gasteiger partial charge in [0.15, 0.2) is 0 Å². The lowest BCUT2D eigenvalue weighted by atomic mass is 10.0. The van der Waals surface area contributed by atoms with Gasteiger partial charge in [-0.25, -0.2) is 0 Å². The summed E-state index contributed by atoms with van der Waals surface area (Å²) in [4.78, 5) is 28.2. The summed E-state index contributed by atoms with van der Waals surface area (Å²) in [6.07, 6.45) is 0.628. The maximum absolute atomic E-state index is 13.5. The molecule has 4 rings (SSSR count). The summed E-state index contributed by atoms with van der Waals surface area (Å²) in [6, 6.07) is 24.3. The molecule has 1 aliphatic heterocycles. The highest BCUT2D eigenvalue weighted by Crippen LogP contribution is 2.32. The zero-order valence-corrected chi connectivity index (χ0v) is 19.6. The van der Waals surface area contributed by atoms with Crippen molar-refractivity contribution in [2.75, 3.05) is 19.0 Å². The third kappa shape index (κ3) is 5.12. The summed E-state index contributed by atoms with van der Waals surface area (Å²) in [7, 11) is 1.60. The number of hydrogen-bond acceptors (Lipinski definition) is 5. The Bertz CT molecular complexity index is 1180. The summed E-state index contributed by atoms with van der Waals surface area (Å²) in [5.41, 5.74) is 3.04. The van der Waals surface area contributed by atoms with E-state index in [1.165, 1.54) is 4.90 Å². The second-order valence-electron chi connectivity index (χ2n) is 8.29. The zero-order valence-electron chi connectivity index (χ0n) is 19.6. The van der Waals surface area contributed by atoms with Crippen molar-refractivity contribution in [3.05, 3.63) is 95.7 Å². The monoisotopic (exact) mass is 456 g/mol. The van der Waals surface area contributed by atoms with Crippen LogP contribution in [-0.2, 0) is 16.0 Å². The lowest BCUT2D eigenvalue weighted by Gasteiger charge is -2.15. The van der Waals surface area contributed by atoms with E-state index in [-0.39, 0.29) is 23.6 Å². The minimum absolute atomic E-state index is 0.0422. The molecule has 6 heteroatoms. The molecular weight excluding hydrogens is 428 g/mol. The quantitative estimate of drug-likeness (QED) is 0.463. The van der Waals surface area contributed by atoms with E-state index in [1.54, 1.807) is 19.2 Å². The van der Waals surface area contributed by atoms with Gasteiger partial charge in [-0.05, 0) is 67.8 Å². The van der Waals surface area contributed by atoms with Crippen molar-refractivity contribution in [1.29, 1.82) is 0 Å². The minimum atomic E-state index is -0.339. The fourth-order valence-electron chi connectivity index (χ4n) is 3.84. The normalized spacial score (nSPS) is 13.6. The Morgan fingerprint density at radius 2 is 1.47 bits per heavy atom. The minimum Gasteiger partial charge on any atom is -0.497 e. The van der Waals surface area contributed by atoms with Crippen LogP contribution in [0.15, 0.2) is 84.6 Å². The van der Waals surface area contributed by atoms with E-state index in [0.717, 1.165) is 5.56 Å². The van der Waals surface area contributed by atoms with Crippen LogP contribution in [0.5, 0.6) is 11.5 Å². The van der Waals surface area contributed by atoms with Crippen molar-refractivity contribution in [2.24, 2.45) is 0 Å². The van der Waals surface area contributed by atoms with Crippen molar-refractivity contribution < 1.29 is 19.1 Å². The van der Waals surface area contributed by atoms with E-state index in [4.69, 9.17) is 9.47 Å². The molecule has 3 aromatic rings. The number of methoxy groups -OCH3 is 1. The Morgan fingerprint density at radius 3 is 2.09 bits per heavy atom. The number of carbonyl (C=O) groups excluding carboxylic acids is 2. The van der Waals surface area contributed by atoms with Crippen molar-refractivity contribution in [3.8, 4) is 11.5 Å². The van der Waals surface area contributed by atoms with E-state index in [2.05, 4.69) is 5.32 Å². The van der Waals surface area contributed by atoms with Crippen LogP contribution in [0.25, 0.3) is 5.57 Å². The lowest BCUT2D eigenvalue weighted by molar-refractivity contribution is -0.136. The molecule has 174 valence electrons. The molecule has 0 bridgehead atoms. The van der Waals surface area contributed by atoms with Gasteiger partial charge in [-0.3, -0.25) is 14.5 Å². The Labute approximate surface area is 199 Å². The van der Waals surface area contributed by atoms with Gasteiger partial charge in [-0.15, -0.1) is 0 Å². The predicted octanol–water partition coefficient (Wildman–Crippen LogP) is 4.92. The number of amides is 2. The Kier molecular flexibility index (Phi) is 6.97. The van der Waals surface area contributed by atoms with Gasteiger partial charge in [0.1, 0.15) is 17.2 Å². The van der Waals surface area contributed by atoms with Crippen molar-refractivity contribution in [1.82, 2.24) is 4.90 Å². The average Bonchev–Trinajstić information content (AvgIpc) is 3.08. The van der Waals surface area contributed by atoms with Gasteiger partial charge < -0.3 is 14.8 Å². The third-order valence-corrected chi connectivity index (χ3v) is 5.51. The number of rotatable bonds is 9. The van der Waals surface area contributed by atoms with Crippen LogP contribution >= 0.6 is 0 Å². The number of carbonyl (C=O) groups is 2. The summed E-state index contributed by atoms with van der Waals surface area (Å²) in [5, 5.41) is 3.18. The van der Waals surface area contributed by atoms with Crippen LogP contribution < -0.4 is 14.8 Å². The van der Waals surface area contributed by atoms with Crippen LogP contribution in [0, 0.1) is 0 Å². The first-order valence-electron chi connectivity index (χ1n) is 11.3. The summed E-state index contributed by atoms with van der Waals surface area (Å²) < 4.78 is 10.9. The molecule has 0 atom stereocenters. The molecule has 0 unspecified atom stereocenters. The van der Waals surface area contributed by atoms with E-state index >= 15 is 0 Å². The lowest BCUT2D eigenvalue weighted by Crippen LogP contribution is -2.34. The summed E-state index contributed by atoms with van der Waals surface area (Å²) >= 11 is 0. The molecule has 6 nitrogen and oxygen atoms in total. The molecule has 0 spiro atoms. The van der Waals surface area contributed by atoms with E-state index < -0.39 is 0 Å². The van der Waals surface area contributed by atoms with Gasteiger partial charge in [-0.1, -0.05) is 42.5 Å². The topological polar surface area (TPSA) is 67.9 Å².